The fraction of sp³-hybridized carbons (Fsp3) is 0.750. The molecule has 0 fully saturated rings. The zero-order valence-corrected chi connectivity index (χ0v) is 11.5. The molecular formula is C12H21N3O4. The minimum Gasteiger partial charge on any atom is -0.476 e. The lowest BCUT2D eigenvalue weighted by Crippen LogP contribution is -2.25. The van der Waals surface area contributed by atoms with E-state index in [9.17, 15) is 9.90 Å². The summed E-state index contributed by atoms with van der Waals surface area (Å²) in [6, 6.07) is 0. The molecule has 1 aromatic heterocycles. The van der Waals surface area contributed by atoms with Crippen LogP contribution in [0.3, 0.4) is 0 Å². The van der Waals surface area contributed by atoms with Crippen LogP contribution in [0.15, 0.2) is 0 Å². The fourth-order valence-corrected chi connectivity index (χ4v) is 1.69. The minimum absolute atomic E-state index is 0.0371. The van der Waals surface area contributed by atoms with Gasteiger partial charge in [-0.15, -0.1) is 5.10 Å². The lowest BCUT2D eigenvalue weighted by molar-refractivity contribution is -0.00252. The molecule has 2 N–H and O–H groups in total. The number of nitrogens with zero attached hydrogens (tertiary/aromatic N) is 3. The largest absolute Gasteiger partial charge is 0.476 e. The van der Waals surface area contributed by atoms with Crippen molar-refractivity contribution in [1.29, 1.82) is 0 Å². The second kappa shape index (κ2) is 7.20. The first-order valence-corrected chi connectivity index (χ1v) is 6.41. The monoisotopic (exact) mass is 271 g/mol. The molecule has 19 heavy (non-hydrogen) atoms. The van der Waals surface area contributed by atoms with Gasteiger partial charge in [-0.1, -0.05) is 18.6 Å². The molecule has 0 amide bonds. The predicted octanol–water partition coefficient (Wildman–Crippen LogP) is 0.715. The Morgan fingerprint density at radius 3 is 2.68 bits per heavy atom. The molecule has 1 unspecified atom stereocenters. The first-order valence-electron chi connectivity index (χ1n) is 6.41. The van der Waals surface area contributed by atoms with Crippen LogP contribution in [-0.2, 0) is 17.7 Å². The summed E-state index contributed by atoms with van der Waals surface area (Å²) in [5, 5.41) is 26.3. The van der Waals surface area contributed by atoms with Gasteiger partial charge in [-0.3, -0.25) is 0 Å². The van der Waals surface area contributed by atoms with Gasteiger partial charge in [-0.25, -0.2) is 9.48 Å². The van der Waals surface area contributed by atoms with Gasteiger partial charge in [0, 0.05) is 0 Å². The lowest BCUT2D eigenvalue weighted by Gasteiger charge is -2.14. The van der Waals surface area contributed by atoms with Crippen molar-refractivity contribution < 1.29 is 19.7 Å². The summed E-state index contributed by atoms with van der Waals surface area (Å²) in [6.45, 7) is 6.08. The van der Waals surface area contributed by atoms with Gasteiger partial charge in [0.25, 0.3) is 0 Å². The summed E-state index contributed by atoms with van der Waals surface area (Å²) in [7, 11) is 0. The third-order valence-electron chi connectivity index (χ3n) is 2.53. The van der Waals surface area contributed by atoms with Crippen molar-refractivity contribution in [3.63, 3.8) is 0 Å². The Hall–Kier alpha value is -1.47. The number of hydrogen-bond donors (Lipinski definition) is 2. The predicted molar refractivity (Wildman–Crippen MR) is 68.1 cm³/mol. The van der Waals surface area contributed by atoms with Crippen LogP contribution < -0.4 is 0 Å². The first kappa shape index (κ1) is 15.6. The van der Waals surface area contributed by atoms with Crippen LogP contribution in [0.5, 0.6) is 0 Å². The highest BCUT2D eigenvalue weighted by Gasteiger charge is 2.19. The van der Waals surface area contributed by atoms with Crippen molar-refractivity contribution >= 4 is 5.97 Å². The molecule has 0 aliphatic heterocycles. The molecule has 7 heteroatoms. The maximum atomic E-state index is 11.0. The summed E-state index contributed by atoms with van der Waals surface area (Å²) in [4.78, 5) is 11.0. The highest BCUT2D eigenvalue weighted by atomic mass is 16.5. The molecule has 7 nitrogen and oxygen atoms in total. The molecule has 0 spiro atoms. The normalized spacial score (nSPS) is 12.9. The zero-order valence-electron chi connectivity index (χ0n) is 11.5. The lowest BCUT2D eigenvalue weighted by atomic mass is 10.2. The Morgan fingerprint density at radius 1 is 1.47 bits per heavy atom. The number of hydrogen-bond acceptors (Lipinski definition) is 5. The molecule has 0 radical (unpaired) electrons. The third-order valence-corrected chi connectivity index (χ3v) is 2.53. The molecule has 1 aromatic rings. The molecule has 0 saturated heterocycles. The number of aromatic nitrogens is 3. The van der Waals surface area contributed by atoms with Crippen LogP contribution in [0.2, 0.25) is 0 Å². The molecule has 1 atom stereocenters. The average Bonchev–Trinajstić information content (AvgIpc) is 2.70. The Morgan fingerprint density at radius 2 is 2.16 bits per heavy atom. The van der Waals surface area contributed by atoms with E-state index in [2.05, 4.69) is 10.3 Å². The van der Waals surface area contributed by atoms with Crippen LogP contribution in [-0.4, -0.2) is 50.0 Å². The molecule has 1 rings (SSSR count). The number of aliphatic hydroxyl groups is 1. The van der Waals surface area contributed by atoms with Crippen molar-refractivity contribution in [2.45, 2.75) is 52.4 Å². The maximum Gasteiger partial charge on any atom is 0.358 e. The summed E-state index contributed by atoms with van der Waals surface area (Å²) in [6.07, 6.45) is 0.648. The van der Waals surface area contributed by atoms with Crippen LogP contribution in [0.25, 0.3) is 0 Å². The van der Waals surface area contributed by atoms with Crippen LogP contribution in [0.4, 0.5) is 0 Å². The van der Waals surface area contributed by atoms with E-state index in [1.54, 1.807) is 0 Å². The van der Waals surface area contributed by atoms with Gasteiger partial charge in [-0.2, -0.15) is 0 Å². The molecule has 108 valence electrons. The van der Waals surface area contributed by atoms with Crippen molar-refractivity contribution in [3.8, 4) is 0 Å². The molecular weight excluding hydrogens is 250 g/mol. The number of carboxylic acid groups (broad SMARTS) is 1. The van der Waals surface area contributed by atoms with E-state index in [-0.39, 0.29) is 24.9 Å². The van der Waals surface area contributed by atoms with Crippen molar-refractivity contribution in [1.82, 2.24) is 15.0 Å². The topological polar surface area (TPSA) is 97.5 Å². The van der Waals surface area contributed by atoms with Gasteiger partial charge >= 0.3 is 5.97 Å². The van der Waals surface area contributed by atoms with Gasteiger partial charge in [0.1, 0.15) is 0 Å². The van der Waals surface area contributed by atoms with Gasteiger partial charge in [0.05, 0.1) is 31.1 Å². The Bertz CT molecular complexity index is 417. The fourth-order valence-electron chi connectivity index (χ4n) is 1.69. The molecule has 1 heterocycles. The third kappa shape index (κ3) is 4.60. The van der Waals surface area contributed by atoms with Crippen LogP contribution in [0.1, 0.15) is 43.4 Å². The summed E-state index contributed by atoms with van der Waals surface area (Å²) >= 11 is 0. The number of rotatable bonds is 8. The Kier molecular flexibility index (Phi) is 5.91. The van der Waals surface area contributed by atoms with E-state index in [0.717, 1.165) is 6.42 Å². The Labute approximate surface area is 112 Å². The second-order valence-corrected chi connectivity index (χ2v) is 4.66. The standard InChI is InChI=1S/C12H21N3O4/c1-4-5-10-11(12(17)18)13-14-15(10)6-9(16)7-19-8(2)3/h8-9,16H,4-7H2,1-3H3,(H,17,18). The SMILES string of the molecule is CCCc1c(C(=O)O)nnn1CC(O)COC(C)C. The highest BCUT2D eigenvalue weighted by Crippen LogP contribution is 2.09. The van der Waals surface area contributed by atoms with Crippen LogP contribution >= 0.6 is 0 Å². The smallest absolute Gasteiger partial charge is 0.358 e. The summed E-state index contributed by atoms with van der Waals surface area (Å²) in [5.74, 6) is -1.09. The number of ether oxygens (including phenoxy) is 1. The van der Waals surface area contributed by atoms with Crippen molar-refractivity contribution in [3.05, 3.63) is 11.4 Å². The number of aromatic carboxylic acids is 1. The van der Waals surface area contributed by atoms with E-state index in [1.165, 1.54) is 4.68 Å². The molecule has 0 aromatic carbocycles. The van der Waals surface area contributed by atoms with Gasteiger partial charge in [0.15, 0.2) is 5.69 Å². The van der Waals surface area contributed by atoms with Gasteiger partial charge < -0.3 is 14.9 Å². The molecule has 0 aliphatic carbocycles. The number of aliphatic hydroxyl groups excluding tert-OH is 1. The summed E-state index contributed by atoms with van der Waals surface area (Å²) in [5.41, 5.74) is 0.498. The number of carbonyl (C=O) groups is 1. The van der Waals surface area contributed by atoms with E-state index in [4.69, 9.17) is 9.84 Å². The van der Waals surface area contributed by atoms with E-state index in [1.807, 2.05) is 20.8 Å². The molecule has 0 aliphatic rings. The second-order valence-electron chi connectivity index (χ2n) is 4.66. The Balaban J connectivity index is 2.74. The maximum absolute atomic E-state index is 11.0. The number of carboxylic acids is 1. The highest BCUT2D eigenvalue weighted by molar-refractivity contribution is 5.86. The van der Waals surface area contributed by atoms with Crippen molar-refractivity contribution in [2.75, 3.05) is 6.61 Å². The average molecular weight is 271 g/mol. The van der Waals surface area contributed by atoms with Crippen molar-refractivity contribution in [2.24, 2.45) is 0 Å². The minimum atomic E-state index is -1.09. The first-order chi connectivity index (χ1) is 8.95. The molecule has 0 bridgehead atoms. The summed E-state index contributed by atoms with van der Waals surface area (Å²) < 4.78 is 6.75. The zero-order chi connectivity index (χ0) is 14.4. The van der Waals surface area contributed by atoms with E-state index < -0.39 is 12.1 Å². The van der Waals surface area contributed by atoms with Gasteiger partial charge in [-0.05, 0) is 20.3 Å². The molecule has 0 saturated carbocycles. The van der Waals surface area contributed by atoms with Gasteiger partial charge in [0.2, 0.25) is 0 Å². The quantitative estimate of drug-likeness (QED) is 0.723. The van der Waals surface area contributed by atoms with Crippen LogP contribution in [0, 0.1) is 0 Å². The van der Waals surface area contributed by atoms with E-state index >= 15 is 0 Å². The van der Waals surface area contributed by atoms with E-state index in [0.29, 0.717) is 12.1 Å².